The van der Waals surface area contributed by atoms with E-state index in [1.807, 2.05) is 0 Å². The number of aliphatic hydroxyl groups is 1. The monoisotopic (exact) mass is 351 g/mol. The molecule has 8 heteroatoms. The first-order valence-electron chi connectivity index (χ1n) is 7.16. The second kappa shape index (κ2) is 7.51. The van der Waals surface area contributed by atoms with Crippen LogP contribution in [0.25, 0.3) is 0 Å². The maximum Gasteiger partial charge on any atom is 0.389 e. The zero-order valence-corrected chi connectivity index (χ0v) is 13.0. The SMILES string of the molecule is O=C(CCC(F)(F)F)N1CCO[C@@H](CO)[C@@H]1c1ccccc1Cl. The summed E-state index contributed by atoms with van der Waals surface area (Å²) in [5.74, 6) is -0.631. The second-order valence-corrected chi connectivity index (χ2v) is 5.67. The van der Waals surface area contributed by atoms with Gasteiger partial charge in [-0.3, -0.25) is 4.79 Å². The van der Waals surface area contributed by atoms with Gasteiger partial charge in [-0.2, -0.15) is 13.2 Å². The van der Waals surface area contributed by atoms with Crippen LogP contribution in [-0.4, -0.2) is 48.0 Å². The van der Waals surface area contributed by atoms with E-state index in [0.717, 1.165) is 0 Å². The molecule has 0 aliphatic carbocycles. The number of morpholine rings is 1. The van der Waals surface area contributed by atoms with E-state index < -0.39 is 37.1 Å². The van der Waals surface area contributed by atoms with E-state index in [1.54, 1.807) is 24.3 Å². The van der Waals surface area contributed by atoms with Crippen molar-refractivity contribution in [2.24, 2.45) is 0 Å². The molecule has 1 aromatic carbocycles. The molecule has 4 nitrogen and oxygen atoms in total. The number of rotatable bonds is 4. The van der Waals surface area contributed by atoms with Crippen molar-refractivity contribution in [2.45, 2.75) is 31.2 Å². The predicted molar refractivity (Wildman–Crippen MR) is 78.0 cm³/mol. The number of carbonyl (C=O) groups excluding carboxylic acids is 1. The molecule has 1 amide bonds. The van der Waals surface area contributed by atoms with Crippen molar-refractivity contribution in [2.75, 3.05) is 19.8 Å². The van der Waals surface area contributed by atoms with Crippen LogP contribution in [0.4, 0.5) is 13.2 Å². The third-order valence-corrected chi connectivity index (χ3v) is 4.04. The standard InChI is InChI=1S/C15H17ClF3NO3/c16-11-4-2-1-3-10(11)14-12(9-21)23-8-7-20(14)13(22)5-6-15(17,18)19/h1-4,12,14,21H,5-9H2/t12-,14-/m0/s1. The van der Waals surface area contributed by atoms with Gasteiger partial charge in [0.15, 0.2) is 0 Å². The van der Waals surface area contributed by atoms with Crippen molar-refractivity contribution < 1.29 is 27.8 Å². The second-order valence-electron chi connectivity index (χ2n) is 5.26. The molecule has 1 heterocycles. The summed E-state index contributed by atoms with van der Waals surface area (Å²) in [4.78, 5) is 13.6. The number of alkyl halides is 3. The fraction of sp³-hybridized carbons (Fsp3) is 0.533. The number of halogens is 4. The molecule has 1 aliphatic heterocycles. The first-order valence-corrected chi connectivity index (χ1v) is 7.54. The summed E-state index contributed by atoms with van der Waals surface area (Å²) in [6.45, 7) is -0.0496. The smallest absolute Gasteiger partial charge is 0.389 e. The Kier molecular flexibility index (Phi) is 5.89. The topological polar surface area (TPSA) is 49.8 Å². The van der Waals surface area contributed by atoms with Gasteiger partial charge >= 0.3 is 6.18 Å². The van der Waals surface area contributed by atoms with Gasteiger partial charge in [0, 0.05) is 18.0 Å². The van der Waals surface area contributed by atoms with E-state index in [1.165, 1.54) is 4.90 Å². The Hall–Kier alpha value is -1.31. The average Bonchev–Trinajstić information content (AvgIpc) is 2.51. The van der Waals surface area contributed by atoms with E-state index in [0.29, 0.717) is 10.6 Å². The average molecular weight is 352 g/mol. The van der Waals surface area contributed by atoms with Gasteiger partial charge in [-0.05, 0) is 11.6 Å². The molecule has 0 spiro atoms. The highest BCUT2D eigenvalue weighted by molar-refractivity contribution is 6.31. The predicted octanol–water partition coefficient (Wildman–Crippen LogP) is 2.94. The molecule has 128 valence electrons. The fourth-order valence-corrected chi connectivity index (χ4v) is 2.89. The van der Waals surface area contributed by atoms with Gasteiger partial charge in [0.05, 0.1) is 25.7 Å². The molecule has 2 rings (SSSR count). The van der Waals surface area contributed by atoms with Crippen LogP contribution in [0.2, 0.25) is 5.02 Å². The number of ether oxygens (including phenoxy) is 1. The number of aliphatic hydroxyl groups excluding tert-OH is 1. The lowest BCUT2D eigenvalue weighted by molar-refractivity contribution is -0.160. The molecule has 0 saturated carbocycles. The lowest BCUT2D eigenvalue weighted by atomic mass is 9.97. The van der Waals surface area contributed by atoms with E-state index in [2.05, 4.69) is 0 Å². The van der Waals surface area contributed by atoms with Crippen molar-refractivity contribution in [3.63, 3.8) is 0 Å². The molecule has 1 aromatic rings. The Morgan fingerprint density at radius 3 is 2.70 bits per heavy atom. The minimum atomic E-state index is -4.39. The third-order valence-electron chi connectivity index (χ3n) is 3.70. The number of amides is 1. The molecule has 0 radical (unpaired) electrons. The summed E-state index contributed by atoms with van der Waals surface area (Å²) in [6, 6.07) is 6.01. The van der Waals surface area contributed by atoms with Crippen LogP contribution in [0.1, 0.15) is 24.4 Å². The molecule has 0 bridgehead atoms. The summed E-state index contributed by atoms with van der Waals surface area (Å²) < 4.78 is 42.5. The summed E-state index contributed by atoms with van der Waals surface area (Å²) in [5, 5.41) is 9.86. The maximum absolute atomic E-state index is 12.4. The lowest BCUT2D eigenvalue weighted by Crippen LogP contribution is -2.49. The van der Waals surface area contributed by atoms with Crippen LogP contribution in [0.5, 0.6) is 0 Å². The number of hydrogen-bond acceptors (Lipinski definition) is 3. The first kappa shape index (κ1) is 18.0. The number of hydrogen-bond donors (Lipinski definition) is 1. The molecule has 1 aliphatic rings. The fourth-order valence-electron chi connectivity index (χ4n) is 2.64. The largest absolute Gasteiger partial charge is 0.394 e. The highest BCUT2D eigenvalue weighted by Crippen LogP contribution is 2.35. The molecule has 0 aromatic heterocycles. The van der Waals surface area contributed by atoms with Crippen molar-refractivity contribution in [1.82, 2.24) is 4.90 Å². The van der Waals surface area contributed by atoms with Gasteiger partial charge in [-0.25, -0.2) is 0 Å². The summed E-state index contributed by atoms with van der Waals surface area (Å²) in [6.07, 6.45) is -6.93. The van der Waals surface area contributed by atoms with Gasteiger partial charge in [-0.15, -0.1) is 0 Å². The minimum Gasteiger partial charge on any atom is -0.394 e. The van der Waals surface area contributed by atoms with Gasteiger partial charge in [0.1, 0.15) is 6.10 Å². The highest BCUT2D eigenvalue weighted by atomic mass is 35.5. The van der Waals surface area contributed by atoms with Gasteiger partial charge in [-0.1, -0.05) is 29.8 Å². The van der Waals surface area contributed by atoms with Crippen molar-refractivity contribution in [3.05, 3.63) is 34.9 Å². The van der Waals surface area contributed by atoms with E-state index >= 15 is 0 Å². The Morgan fingerprint density at radius 2 is 2.09 bits per heavy atom. The van der Waals surface area contributed by atoms with E-state index in [4.69, 9.17) is 16.3 Å². The Bertz CT molecular complexity index is 553. The molecule has 1 fully saturated rings. The van der Waals surface area contributed by atoms with Gasteiger partial charge in [0.25, 0.3) is 0 Å². The van der Waals surface area contributed by atoms with Crippen molar-refractivity contribution in [1.29, 1.82) is 0 Å². The zero-order valence-electron chi connectivity index (χ0n) is 12.2. The maximum atomic E-state index is 12.4. The zero-order chi connectivity index (χ0) is 17.0. The van der Waals surface area contributed by atoms with Crippen molar-refractivity contribution in [3.8, 4) is 0 Å². The molecule has 0 unspecified atom stereocenters. The molecular formula is C15H17ClF3NO3. The Morgan fingerprint density at radius 1 is 1.39 bits per heavy atom. The number of benzene rings is 1. The van der Waals surface area contributed by atoms with Crippen LogP contribution in [0, 0.1) is 0 Å². The van der Waals surface area contributed by atoms with Crippen LogP contribution in [-0.2, 0) is 9.53 Å². The van der Waals surface area contributed by atoms with Crippen LogP contribution >= 0.6 is 11.6 Å². The lowest BCUT2D eigenvalue weighted by Gasteiger charge is -2.41. The van der Waals surface area contributed by atoms with Crippen LogP contribution in [0.3, 0.4) is 0 Å². The first-order chi connectivity index (χ1) is 10.8. The normalized spacial score (nSPS) is 22.2. The van der Waals surface area contributed by atoms with Gasteiger partial charge in [0.2, 0.25) is 5.91 Å². The van der Waals surface area contributed by atoms with Crippen LogP contribution < -0.4 is 0 Å². The molecule has 2 atom stereocenters. The molecule has 23 heavy (non-hydrogen) atoms. The van der Waals surface area contributed by atoms with Crippen LogP contribution in [0.15, 0.2) is 24.3 Å². The molecular weight excluding hydrogens is 335 g/mol. The number of carbonyl (C=O) groups is 1. The molecule has 1 saturated heterocycles. The Balaban J connectivity index is 2.24. The quantitative estimate of drug-likeness (QED) is 0.907. The number of nitrogens with zero attached hydrogens (tertiary/aromatic N) is 1. The van der Waals surface area contributed by atoms with Gasteiger partial charge < -0.3 is 14.7 Å². The summed E-state index contributed by atoms with van der Waals surface area (Å²) >= 11 is 6.14. The van der Waals surface area contributed by atoms with E-state index in [-0.39, 0.29) is 19.8 Å². The van der Waals surface area contributed by atoms with E-state index in [9.17, 15) is 23.1 Å². The summed E-state index contributed by atoms with van der Waals surface area (Å²) in [5.41, 5.74) is 0.549. The third kappa shape index (κ3) is 4.59. The van der Waals surface area contributed by atoms with Crippen molar-refractivity contribution >= 4 is 17.5 Å². The Labute approximate surface area is 136 Å². The minimum absolute atomic E-state index is 0.156. The highest BCUT2D eigenvalue weighted by Gasteiger charge is 2.38. The molecule has 1 N–H and O–H groups in total. The summed E-state index contributed by atoms with van der Waals surface area (Å²) in [7, 11) is 0.